The summed E-state index contributed by atoms with van der Waals surface area (Å²) in [6.45, 7) is 1.16. The SMILES string of the molecule is COc1ccc(Cl)cc1NC(=O)CN1C(=O)NC(C)(c2cccc(Br)c2)C1=O. The third-order valence-electron chi connectivity index (χ3n) is 4.41. The van der Waals surface area contributed by atoms with Gasteiger partial charge in [0.15, 0.2) is 0 Å². The number of amides is 4. The summed E-state index contributed by atoms with van der Waals surface area (Å²) in [5.41, 5.74) is -0.295. The lowest BCUT2D eigenvalue weighted by Gasteiger charge is -2.22. The first-order valence-corrected chi connectivity index (χ1v) is 9.45. The number of ether oxygens (including phenoxy) is 1. The Balaban J connectivity index is 1.78. The number of benzene rings is 2. The van der Waals surface area contributed by atoms with Gasteiger partial charge in [0.2, 0.25) is 5.91 Å². The molecule has 4 amide bonds. The summed E-state index contributed by atoms with van der Waals surface area (Å²) in [4.78, 5) is 38.6. The Bertz CT molecular complexity index is 968. The molecule has 9 heteroatoms. The highest BCUT2D eigenvalue weighted by Gasteiger charge is 2.49. The van der Waals surface area contributed by atoms with Gasteiger partial charge in [0, 0.05) is 9.50 Å². The predicted molar refractivity (Wildman–Crippen MR) is 108 cm³/mol. The molecule has 0 aromatic heterocycles. The number of nitrogens with zero attached hydrogens (tertiary/aromatic N) is 1. The van der Waals surface area contributed by atoms with Crippen molar-refractivity contribution in [2.75, 3.05) is 19.0 Å². The molecule has 2 N–H and O–H groups in total. The van der Waals surface area contributed by atoms with Gasteiger partial charge in [-0.1, -0.05) is 39.7 Å². The molecule has 146 valence electrons. The molecule has 0 bridgehead atoms. The van der Waals surface area contributed by atoms with Gasteiger partial charge < -0.3 is 15.4 Å². The van der Waals surface area contributed by atoms with Crippen LogP contribution in [-0.2, 0) is 15.1 Å². The second-order valence-electron chi connectivity index (χ2n) is 6.35. The maximum Gasteiger partial charge on any atom is 0.325 e. The first kappa shape index (κ1) is 20.2. The van der Waals surface area contributed by atoms with Crippen LogP contribution in [0.3, 0.4) is 0 Å². The van der Waals surface area contributed by atoms with Gasteiger partial charge in [0.25, 0.3) is 5.91 Å². The van der Waals surface area contributed by atoms with E-state index in [2.05, 4.69) is 26.6 Å². The van der Waals surface area contributed by atoms with Crippen LogP contribution in [0.25, 0.3) is 0 Å². The van der Waals surface area contributed by atoms with Gasteiger partial charge in [0.05, 0.1) is 12.8 Å². The van der Waals surface area contributed by atoms with Crippen LogP contribution in [0.4, 0.5) is 10.5 Å². The van der Waals surface area contributed by atoms with Crippen LogP contribution in [0.1, 0.15) is 12.5 Å². The topological polar surface area (TPSA) is 87.7 Å². The number of rotatable bonds is 5. The predicted octanol–water partition coefficient (Wildman–Crippen LogP) is 3.52. The van der Waals surface area contributed by atoms with E-state index < -0.39 is 29.9 Å². The van der Waals surface area contributed by atoms with Crippen molar-refractivity contribution in [2.45, 2.75) is 12.5 Å². The highest BCUT2D eigenvalue weighted by Crippen LogP contribution is 2.31. The van der Waals surface area contributed by atoms with Crippen molar-refractivity contribution in [3.8, 4) is 5.75 Å². The van der Waals surface area contributed by atoms with Gasteiger partial charge in [-0.15, -0.1) is 0 Å². The summed E-state index contributed by atoms with van der Waals surface area (Å²) in [5.74, 6) is -0.653. The molecule has 1 heterocycles. The Morgan fingerprint density at radius 2 is 2.04 bits per heavy atom. The number of urea groups is 1. The summed E-state index contributed by atoms with van der Waals surface area (Å²) in [6.07, 6.45) is 0. The maximum atomic E-state index is 12.9. The average Bonchev–Trinajstić information content (AvgIpc) is 2.86. The Hall–Kier alpha value is -2.58. The maximum absolute atomic E-state index is 12.9. The Labute approximate surface area is 175 Å². The van der Waals surface area contributed by atoms with Crippen LogP contribution in [0.2, 0.25) is 5.02 Å². The van der Waals surface area contributed by atoms with E-state index in [0.29, 0.717) is 22.0 Å². The minimum Gasteiger partial charge on any atom is -0.495 e. The van der Waals surface area contributed by atoms with Crippen LogP contribution < -0.4 is 15.4 Å². The van der Waals surface area contributed by atoms with Crippen LogP contribution >= 0.6 is 27.5 Å². The third-order valence-corrected chi connectivity index (χ3v) is 5.14. The monoisotopic (exact) mass is 465 g/mol. The normalized spacial score (nSPS) is 18.8. The van der Waals surface area contributed by atoms with E-state index in [0.717, 1.165) is 9.37 Å². The number of imide groups is 1. The third kappa shape index (κ3) is 3.83. The zero-order chi connectivity index (χ0) is 20.5. The van der Waals surface area contributed by atoms with E-state index in [1.807, 2.05) is 6.07 Å². The van der Waals surface area contributed by atoms with Gasteiger partial charge in [-0.3, -0.25) is 14.5 Å². The molecular weight excluding hydrogens is 450 g/mol. The molecule has 0 aliphatic carbocycles. The molecule has 2 aromatic rings. The number of methoxy groups -OCH3 is 1. The molecule has 1 atom stereocenters. The number of anilines is 1. The molecule has 3 rings (SSSR count). The van der Waals surface area contributed by atoms with Gasteiger partial charge in [-0.25, -0.2) is 4.79 Å². The molecule has 28 heavy (non-hydrogen) atoms. The highest BCUT2D eigenvalue weighted by molar-refractivity contribution is 9.10. The molecule has 0 saturated carbocycles. The van der Waals surface area contributed by atoms with E-state index in [1.165, 1.54) is 13.2 Å². The van der Waals surface area contributed by atoms with Gasteiger partial charge in [-0.2, -0.15) is 0 Å². The molecule has 0 spiro atoms. The Morgan fingerprint density at radius 3 is 2.71 bits per heavy atom. The van der Waals surface area contributed by atoms with Crippen LogP contribution in [0.15, 0.2) is 46.9 Å². The summed E-state index contributed by atoms with van der Waals surface area (Å²) in [6, 6.07) is 11.2. The second kappa shape index (κ2) is 7.81. The Kier molecular flexibility index (Phi) is 5.62. The highest BCUT2D eigenvalue weighted by atomic mass is 79.9. The molecule has 1 unspecified atom stereocenters. The molecule has 0 radical (unpaired) electrons. The average molecular weight is 467 g/mol. The lowest BCUT2D eigenvalue weighted by Crippen LogP contribution is -2.42. The van der Waals surface area contributed by atoms with Gasteiger partial charge in [-0.05, 0) is 42.8 Å². The molecule has 1 fully saturated rings. The van der Waals surface area contributed by atoms with Crippen molar-refractivity contribution in [2.24, 2.45) is 0 Å². The van der Waals surface area contributed by atoms with E-state index in [1.54, 1.807) is 37.3 Å². The zero-order valence-electron chi connectivity index (χ0n) is 15.1. The lowest BCUT2D eigenvalue weighted by molar-refractivity contribution is -0.133. The fourth-order valence-corrected chi connectivity index (χ4v) is 3.52. The first-order valence-electron chi connectivity index (χ1n) is 8.28. The number of nitrogens with one attached hydrogen (secondary N) is 2. The minimum atomic E-state index is -1.26. The number of hydrogen-bond donors (Lipinski definition) is 2. The van der Waals surface area contributed by atoms with E-state index >= 15 is 0 Å². The molecule has 2 aromatic carbocycles. The standard InChI is InChI=1S/C19H17BrClN3O4/c1-19(11-4-3-5-12(20)8-11)17(26)24(18(27)23-19)10-16(25)22-14-9-13(21)6-7-15(14)28-2/h3-9H,10H2,1-2H3,(H,22,25)(H,23,27). The lowest BCUT2D eigenvalue weighted by atomic mass is 9.92. The molecule has 1 aliphatic rings. The second-order valence-corrected chi connectivity index (χ2v) is 7.70. The van der Waals surface area contributed by atoms with Crippen molar-refractivity contribution in [1.29, 1.82) is 0 Å². The fraction of sp³-hybridized carbons (Fsp3) is 0.211. The van der Waals surface area contributed by atoms with Gasteiger partial charge >= 0.3 is 6.03 Å². The van der Waals surface area contributed by atoms with Crippen LogP contribution in [0, 0.1) is 0 Å². The van der Waals surface area contributed by atoms with Gasteiger partial charge in [0.1, 0.15) is 17.8 Å². The summed E-state index contributed by atoms with van der Waals surface area (Å²) in [5, 5.41) is 5.69. The zero-order valence-corrected chi connectivity index (χ0v) is 17.4. The quantitative estimate of drug-likeness (QED) is 0.660. The Morgan fingerprint density at radius 1 is 1.29 bits per heavy atom. The van der Waals surface area contributed by atoms with Crippen LogP contribution in [-0.4, -0.2) is 36.4 Å². The molecule has 1 aliphatic heterocycles. The first-order chi connectivity index (χ1) is 13.2. The van der Waals surface area contributed by atoms with Crippen molar-refractivity contribution in [3.05, 3.63) is 57.5 Å². The summed E-state index contributed by atoms with van der Waals surface area (Å²) in [7, 11) is 1.46. The van der Waals surface area contributed by atoms with Crippen molar-refractivity contribution in [3.63, 3.8) is 0 Å². The number of halogens is 2. The number of carbonyl (C=O) groups is 3. The molecule has 7 nitrogen and oxygen atoms in total. The van der Waals surface area contributed by atoms with Crippen molar-refractivity contribution < 1.29 is 19.1 Å². The van der Waals surface area contributed by atoms with Crippen molar-refractivity contribution in [1.82, 2.24) is 10.2 Å². The number of carbonyl (C=O) groups excluding carboxylic acids is 3. The van der Waals surface area contributed by atoms with Crippen LogP contribution in [0.5, 0.6) is 5.75 Å². The van der Waals surface area contributed by atoms with Crippen molar-refractivity contribution >= 4 is 51.1 Å². The fourth-order valence-electron chi connectivity index (χ4n) is 2.95. The smallest absolute Gasteiger partial charge is 0.325 e. The van der Waals surface area contributed by atoms with E-state index in [-0.39, 0.29) is 0 Å². The summed E-state index contributed by atoms with van der Waals surface area (Å²) >= 11 is 9.31. The number of hydrogen-bond acceptors (Lipinski definition) is 4. The largest absolute Gasteiger partial charge is 0.495 e. The minimum absolute atomic E-state index is 0.349. The van der Waals surface area contributed by atoms with E-state index in [4.69, 9.17) is 16.3 Å². The van der Waals surface area contributed by atoms with E-state index in [9.17, 15) is 14.4 Å². The molecule has 1 saturated heterocycles. The molecular formula is C19H17BrClN3O4. The summed E-state index contributed by atoms with van der Waals surface area (Å²) < 4.78 is 5.95.